The molecule has 29 heavy (non-hydrogen) atoms. The third-order valence-electron chi connectivity index (χ3n) is 4.12. The molecule has 0 fully saturated rings. The fourth-order valence-corrected chi connectivity index (χ4v) is 2.91. The molecule has 0 aliphatic rings. The summed E-state index contributed by atoms with van der Waals surface area (Å²) in [6.07, 6.45) is 3.10. The average molecular weight is 405 g/mol. The number of hydrogen-bond acceptors (Lipinski definition) is 4. The van der Waals surface area contributed by atoms with Crippen LogP contribution in [0, 0.1) is 0 Å². The second-order valence-electron chi connectivity index (χ2n) is 6.00. The Labute approximate surface area is 173 Å². The molecular weight excluding hydrogens is 386 g/mol. The van der Waals surface area contributed by atoms with Gasteiger partial charge in [0.2, 0.25) is 5.91 Å². The number of carbonyl (C=O) groups is 2. The molecule has 0 atom stereocenters. The van der Waals surface area contributed by atoms with Crippen LogP contribution in [0.5, 0.6) is 5.75 Å². The molecule has 0 bridgehead atoms. The lowest BCUT2D eigenvalue weighted by Crippen LogP contribution is -2.48. The summed E-state index contributed by atoms with van der Waals surface area (Å²) in [6, 6.07) is 20.5. The van der Waals surface area contributed by atoms with Gasteiger partial charge in [0.15, 0.2) is 5.11 Å². The standard InChI is InChI=1S/C22H19N3O3S/c1-28-19-12-5-4-11-18(19)21(27)24-25-22(29)23-20(26)14-13-16-9-6-8-15-7-2-3-10-17(15)16/h2-14H,1H3,(H,24,27)(H2,23,25,26,29). The van der Waals surface area contributed by atoms with Crippen LogP contribution in [0.15, 0.2) is 72.8 Å². The minimum absolute atomic E-state index is 0.0270. The van der Waals surface area contributed by atoms with Crippen LogP contribution in [-0.2, 0) is 4.79 Å². The summed E-state index contributed by atoms with van der Waals surface area (Å²) >= 11 is 5.04. The van der Waals surface area contributed by atoms with Crippen molar-refractivity contribution in [3.63, 3.8) is 0 Å². The lowest BCUT2D eigenvalue weighted by molar-refractivity contribution is -0.115. The molecular formula is C22H19N3O3S. The Morgan fingerprint density at radius 3 is 2.48 bits per heavy atom. The van der Waals surface area contributed by atoms with Crippen LogP contribution in [0.2, 0.25) is 0 Å². The van der Waals surface area contributed by atoms with Crippen LogP contribution < -0.4 is 20.9 Å². The average Bonchev–Trinajstić information content (AvgIpc) is 2.76. The Morgan fingerprint density at radius 2 is 1.66 bits per heavy atom. The molecule has 0 saturated heterocycles. The van der Waals surface area contributed by atoms with Crippen molar-refractivity contribution in [1.29, 1.82) is 0 Å². The number of nitrogens with one attached hydrogen (secondary N) is 3. The van der Waals surface area contributed by atoms with E-state index in [1.807, 2.05) is 42.5 Å². The highest BCUT2D eigenvalue weighted by Crippen LogP contribution is 2.19. The summed E-state index contributed by atoms with van der Waals surface area (Å²) in [5, 5.41) is 4.59. The van der Waals surface area contributed by atoms with E-state index in [9.17, 15) is 9.59 Å². The number of hydrazine groups is 1. The largest absolute Gasteiger partial charge is 0.496 e. The van der Waals surface area contributed by atoms with E-state index in [2.05, 4.69) is 16.2 Å². The molecule has 0 unspecified atom stereocenters. The molecule has 0 spiro atoms. The second-order valence-corrected chi connectivity index (χ2v) is 6.41. The van der Waals surface area contributed by atoms with E-state index in [1.165, 1.54) is 13.2 Å². The zero-order valence-corrected chi connectivity index (χ0v) is 16.5. The van der Waals surface area contributed by atoms with Gasteiger partial charge in [0.25, 0.3) is 5.91 Å². The molecule has 0 aliphatic heterocycles. The van der Waals surface area contributed by atoms with Crippen molar-refractivity contribution in [3.8, 4) is 5.75 Å². The number of para-hydroxylation sites is 1. The van der Waals surface area contributed by atoms with Crippen LogP contribution in [0.25, 0.3) is 16.8 Å². The van der Waals surface area contributed by atoms with Crippen molar-refractivity contribution in [2.75, 3.05) is 7.11 Å². The molecule has 0 heterocycles. The Hall–Kier alpha value is -3.71. The Balaban J connectivity index is 1.56. The molecule has 6 nitrogen and oxygen atoms in total. The maximum Gasteiger partial charge on any atom is 0.273 e. The lowest BCUT2D eigenvalue weighted by Gasteiger charge is -2.11. The van der Waals surface area contributed by atoms with Gasteiger partial charge in [-0.15, -0.1) is 0 Å². The normalized spacial score (nSPS) is 10.5. The number of thiocarbonyl (C=S) groups is 1. The SMILES string of the molecule is COc1ccccc1C(=O)NNC(=S)NC(=O)C=Cc1cccc2ccccc12. The predicted octanol–water partition coefficient (Wildman–Crippen LogP) is 3.20. The van der Waals surface area contributed by atoms with Crippen molar-refractivity contribution in [3.05, 3.63) is 83.9 Å². The number of fused-ring (bicyclic) bond motifs is 1. The smallest absolute Gasteiger partial charge is 0.273 e. The minimum atomic E-state index is -0.439. The van der Waals surface area contributed by atoms with E-state index in [0.29, 0.717) is 11.3 Å². The summed E-state index contributed by atoms with van der Waals surface area (Å²) in [5.74, 6) is -0.424. The van der Waals surface area contributed by atoms with Gasteiger partial charge in [0.05, 0.1) is 12.7 Å². The van der Waals surface area contributed by atoms with Gasteiger partial charge in [0, 0.05) is 6.08 Å². The third-order valence-corrected chi connectivity index (χ3v) is 4.32. The Kier molecular flexibility index (Phi) is 6.55. The number of ether oxygens (including phenoxy) is 1. The summed E-state index contributed by atoms with van der Waals surface area (Å²) in [7, 11) is 1.48. The predicted molar refractivity (Wildman–Crippen MR) is 117 cm³/mol. The maximum absolute atomic E-state index is 12.2. The highest BCUT2D eigenvalue weighted by molar-refractivity contribution is 7.80. The molecule has 0 aromatic heterocycles. The molecule has 2 amide bonds. The second kappa shape index (κ2) is 9.48. The zero-order chi connectivity index (χ0) is 20.6. The number of rotatable bonds is 4. The quantitative estimate of drug-likeness (QED) is 0.353. The topological polar surface area (TPSA) is 79.5 Å². The highest BCUT2D eigenvalue weighted by Gasteiger charge is 2.11. The number of methoxy groups -OCH3 is 1. The first-order valence-electron chi connectivity index (χ1n) is 8.78. The Bertz CT molecular complexity index is 1090. The van der Waals surface area contributed by atoms with E-state index < -0.39 is 11.8 Å². The summed E-state index contributed by atoms with van der Waals surface area (Å²) in [5.41, 5.74) is 6.19. The third kappa shape index (κ3) is 5.18. The molecule has 0 radical (unpaired) electrons. The van der Waals surface area contributed by atoms with Crippen molar-refractivity contribution in [1.82, 2.24) is 16.2 Å². The van der Waals surface area contributed by atoms with Crippen LogP contribution in [0.1, 0.15) is 15.9 Å². The van der Waals surface area contributed by atoms with E-state index in [1.54, 1.807) is 30.3 Å². The summed E-state index contributed by atoms with van der Waals surface area (Å²) in [6.45, 7) is 0. The fourth-order valence-electron chi connectivity index (χ4n) is 2.76. The van der Waals surface area contributed by atoms with Gasteiger partial charge in [-0.2, -0.15) is 0 Å². The van der Waals surface area contributed by atoms with Gasteiger partial charge in [-0.1, -0.05) is 54.6 Å². The highest BCUT2D eigenvalue weighted by atomic mass is 32.1. The van der Waals surface area contributed by atoms with Crippen LogP contribution in [-0.4, -0.2) is 24.0 Å². The van der Waals surface area contributed by atoms with Gasteiger partial charge < -0.3 is 4.74 Å². The van der Waals surface area contributed by atoms with Crippen molar-refractivity contribution in [2.24, 2.45) is 0 Å². The van der Waals surface area contributed by atoms with Gasteiger partial charge in [-0.05, 0) is 46.8 Å². The van der Waals surface area contributed by atoms with Crippen LogP contribution in [0.3, 0.4) is 0 Å². The first kappa shape index (κ1) is 20.0. The van der Waals surface area contributed by atoms with E-state index >= 15 is 0 Å². The number of carbonyl (C=O) groups excluding carboxylic acids is 2. The van der Waals surface area contributed by atoms with Gasteiger partial charge in [-0.3, -0.25) is 25.8 Å². The molecule has 3 rings (SSSR count). The molecule has 0 saturated carbocycles. The first-order chi connectivity index (χ1) is 14.1. The molecule has 3 N–H and O–H groups in total. The fraction of sp³-hybridized carbons (Fsp3) is 0.0455. The first-order valence-corrected chi connectivity index (χ1v) is 9.19. The van der Waals surface area contributed by atoms with Crippen LogP contribution >= 0.6 is 12.2 Å². The van der Waals surface area contributed by atoms with Gasteiger partial charge in [0.1, 0.15) is 5.75 Å². The lowest BCUT2D eigenvalue weighted by atomic mass is 10.0. The zero-order valence-electron chi connectivity index (χ0n) is 15.6. The van der Waals surface area contributed by atoms with Crippen molar-refractivity contribution >= 4 is 46.0 Å². The van der Waals surface area contributed by atoms with E-state index in [4.69, 9.17) is 17.0 Å². The Morgan fingerprint density at radius 1 is 0.931 bits per heavy atom. The molecule has 0 aliphatic carbocycles. The number of amides is 2. The molecule has 3 aromatic rings. The van der Waals surface area contributed by atoms with Crippen molar-refractivity contribution in [2.45, 2.75) is 0 Å². The van der Waals surface area contributed by atoms with Crippen molar-refractivity contribution < 1.29 is 14.3 Å². The maximum atomic E-state index is 12.2. The molecule has 3 aromatic carbocycles. The summed E-state index contributed by atoms with van der Waals surface area (Å²) in [4.78, 5) is 24.3. The van der Waals surface area contributed by atoms with Gasteiger partial charge in [-0.25, -0.2) is 0 Å². The summed E-state index contributed by atoms with van der Waals surface area (Å²) < 4.78 is 5.14. The molecule has 7 heteroatoms. The minimum Gasteiger partial charge on any atom is -0.496 e. The number of hydrogen-bond donors (Lipinski definition) is 3. The van der Waals surface area contributed by atoms with E-state index in [-0.39, 0.29) is 5.11 Å². The monoisotopic (exact) mass is 405 g/mol. The van der Waals surface area contributed by atoms with E-state index in [0.717, 1.165) is 16.3 Å². The molecule has 146 valence electrons. The number of benzene rings is 3. The van der Waals surface area contributed by atoms with Gasteiger partial charge >= 0.3 is 0 Å². The van der Waals surface area contributed by atoms with Crippen LogP contribution in [0.4, 0.5) is 0 Å².